The van der Waals surface area contributed by atoms with Crippen molar-refractivity contribution in [1.82, 2.24) is 14.9 Å². The molecule has 10 heteroatoms. The maximum Gasteiger partial charge on any atom is 0.410 e. The lowest BCUT2D eigenvalue weighted by molar-refractivity contribution is -0.00703. The van der Waals surface area contributed by atoms with E-state index in [1.165, 1.54) is 24.5 Å². The molecule has 3 fully saturated rings. The molecule has 1 amide bonds. The number of likely N-dealkylation sites (tertiary alicyclic amines) is 1. The number of carbonyl (C=O) groups excluding carboxylic acids is 1. The summed E-state index contributed by atoms with van der Waals surface area (Å²) in [6, 6.07) is -0.798. The maximum absolute atomic E-state index is 13.5. The standard InChI is InChI=1S/C21H30FN3O5S/c1-12-7-18(31(4,27)28)17(25(12)20(26)29-3)11-30-15-5-6-21(9-14(21)8-15)19-23-10-16(22)13(2)24-19/h10,12,14-15,17-18H,5-9,11H2,1-4H3/t12-,14?,15?,17-,18+,21?/m1/s1. The number of hydrogen-bond donors (Lipinski definition) is 0. The van der Waals surface area contributed by atoms with Gasteiger partial charge < -0.3 is 9.47 Å². The number of aryl methyl sites for hydroxylation is 1. The molecule has 6 atom stereocenters. The van der Waals surface area contributed by atoms with Gasteiger partial charge in [-0.25, -0.2) is 27.6 Å². The van der Waals surface area contributed by atoms with E-state index in [4.69, 9.17) is 9.47 Å². The quantitative estimate of drug-likeness (QED) is 0.672. The first-order valence-corrected chi connectivity index (χ1v) is 12.7. The van der Waals surface area contributed by atoms with E-state index in [1.807, 2.05) is 6.92 Å². The lowest BCUT2D eigenvalue weighted by Crippen LogP contribution is -2.47. The number of sulfone groups is 1. The van der Waals surface area contributed by atoms with Crippen molar-refractivity contribution in [3.8, 4) is 0 Å². The van der Waals surface area contributed by atoms with E-state index >= 15 is 0 Å². The van der Waals surface area contributed by atoms with Crippen LogP contribution >= 0.6 is 0 Å². The lowest BCUT2D eigenvalue weighted by Gasteiger charge is -2.32. The highest BCUT2D eigenvalue weighted by Crippen LogP contribution is 2.61. The fourth-order valence-corrected chi connectivity index (χ4v) is 6.90. The topological polar surface area (TPSA) is 98.7 Å². The average molecular weight is 456 g/mol. The van der Waals surface area contributed by atoms with Crippen LogP contribution in [0.1, 0.15) is 50.5 Å². The first kappa shape index (κ1) is 22.4. The first-order valence-electron chi connectivity index (χ1n) is 10.7. The zero-order valence-corrected chi connectivity index (χ0v) is 19.2. The molecule has 172 valence electrons. The predicted octanol–water partition coefficient (Wildman–Crippen LogP) is 2.39. The van der Waals surface area contributed by atoms with Gasteiger partial charge in [-0.15, -0.1) is 0 Å². The number of amides is 1. The van der Waals surface area contributed by atoms with E-state index in [0.717, 1.165) is 25.7 Å². The largest absolute Gasteiger partial charge is 0.453 e. The molecule has 0 spiro atoms. The molecule has 1 saturated heterocycles. The van der Waals surface area contributed by atoms with Gasteiger partial charge in [-0.1, -0.05) is 0 Å². The molecule has 3 unspecified atom stereocenters. The smallest absolute Gasteiger partial charge is 0.410 e. The van der Waals surface area contributed by atoms with Crippen molar-refractivity contribution in [2.75, 3.05) is 20.0 Å². The van der Waals surface area contributed by atoms with Gasteiger partial charge in [0.2, 0.25) is 0 Å². The van der Waals surface area contributed by atoms with Crippen molar-refractivity contribution in [1.29, 1.82) is 0 Å². The Hall–Kier alpha value is -1.81. The number of carbonyl (C=O) groups is 1. The summed E-state index contributed by atoms with van der Waals surface area (Å²) < 4.78 is 49.3. The Labute approximate surface area is 182 Å². The fraction of sp³-hybridized carbons (Fsp3) is 0.762. The summed E-state index contributed by atoms with van der Waals surface area (Å²) in [7, 11) is -2.05. The molecule has 0 radical (unpaired) electrons. The molecule has 1 aliphatic heterocycles. The minimum absolute atomic E-state index is 0.0159. The Balaban J connectivity index is 1.41. The van der Waals surface area contributed by atoms with E-state index in [0.29, 0.717) is 23.9 Å². The molecule has 0 bridgehead atoms. The number of nitrogens with zero attached hydrogens (tertiary/aromatic N) is 3. The Morgan fingerprint density at radius 1 is 1.39 bits per heavy atom. The lowest BCUT2D eigenvalue weighted by atomic mass is 9.86. The molecule has 1 aromatic rings. The molecule has 0 aromatic carbocycles. The van der Waals surface area contributed by atoms with Gasteiger partial charge in [-0.05, 0) is 51.9 Å². The van der Waals surface area contributed by atoms with Crippen LogP contribution in [0.3, 0.4) is 0 Å². The van der Waals surface area contributed by atoms with Crippen LogP contribution in [0.25, 0.3) is 0 Å². The van der Waals surface area contributed by atoms with E-state index in [9.17, 15) is 17.6 Å². The molecule has 4 rings (SSSR count). The van der Waals surface area contributed by atoms with Crippen LogP contribution in [0, 0.1) is 18.7 Å². The van der Waals surface area contributed by atoms with Gasteiger partial charge in [0.05, 0.1) is 43.0 Å². The third-order valence-electron chi connectivity index (χ3n) is 7.33. The van der Waals surface area contributed by atoms with Crippen LogP contribution < -0.4 is 0 Å². The Morgan fingerprint density at radius 3 is 2.74 bits per heavy atom. The van der Waals surface area contributed by atoms with Crippen LogP contribution in [0.2, 0.25) is 0 Å². The summed E-state index contributed by atoms with van der Waals surface area (Å²) in [6.45, 7) is 3.64. The monoisotopic (exact) mass is 455 g/mol. The van der Waals surface area contributed by atoms with Gasteiger partial charge in [0, 0.05) is 17.7 Å². The Kier molecular flexibility index (Phi) is 5.74. The Morgan fingerprint density at radius 2 is 2.13 bits per heavy atom. The second kappa shape index (κ2) is 7.95. The minimum atomic E-state index is -3.34. The number of aromatic nitrogens is 2. The van der Waals surface area contributed by atoms with Gasteiger partial charge in [-0.3, -0.25) is 4.90 Å². The summed E-state index contributed by atoms with van der Waals surface area (Å²) in [4.78, 5) is 22.4. The highest BCUT2D eigenvalue weighted by Gasteiger charge is 2.60. The fourth-order valence-electron chi connectivity index (χ4n) is 5.49. The zero-order valence-electron chi connectivity index (χ0n) is 18.4. The predicted molar refractivity (Wildman–Crippen MR) is 111 cm³/mol. The van der Waals surface area contributed by atoms with E-state index in [2.05, 4.69) is 9.97 Å². The van der Waals surface area contributed by atoms with Crippen molar-refractivity contribution >= 4 is 15.9 Å². The van der Waals surface area contributed by atoms with Crippen LogP contribution in [0.4, 0.5) is 9.18 Å². The molecule has 1 aromatic heterocycles. The molecule has 8 nitrogen and oxygen atoms in total. The molecule has 31 heavy (non-hydrogen) atoms. The number of rotatable bonds is 5. The zero-order chi connectivity index (χ0) is 22.6. The van der Waals surface area contributed by atoms with Gasteiger partial charge in [-0.2, -0.15) is 0 Å². The van der Waals surface area contributed by atoms with E-state index in [1.54, 1.807) is 6.92 Å². The number of hydrogen-bond acceptors (Lipinski definition) is 7. The number of ether oxygens (including phenoxy) is 2. The van der Waals surface area contributed by atoms with Gasteiger partial charge in [0.15, 0.2) is 15.7 Å². The second-order valence-electron chi connectivity index (χ2n) is 9.31. The number of fused-ring (bicyclic) bond motifs is 1. The summed E-state index contributed by atoms with van der Waals surface area (Å²) in [5.41, 5.74) is 0.279. The maximum atomic E-state index is 13.5. The van der Waals surface area contributed by atoms with Crippen LogP contribution in [-0.2, 0) is 24.7 Å². The van der Waals surface area contributed by atoms with Crippen LogP contribution in [0.5, 0.6) is 0 Å². The molecule has 2 aliphatic carbocycles. The SMILES string of the molecule is COC(=O)N1[C@H](C)C[C@H](S(C)(=O)=O)[C@H]1COC1CCC2(c3ncc(F)c(C)n3)CC2C1. The summed E-state index contributed by atoms with van der Waals surface area (Å²) >= 11 is 0. The van der Waals surface area contributed by atoms with Crippen LogP contribution in [0.15, 0.2) is 6.20 Å². The molecular formula is C21H30FN3O5S. The first-order chi connectivity index (χ1) is 14.6. The molecular weight excluding hydrogens is 425 g/mol. The minimum Gasteiger partial charge on any atom is -0.453 e. The Bertz CT molecular complexity index is 974. The second-order valence-corrected chi connectivity index (χ2v) is 11.6. The number of halogens is 1. The van der Waals surface area contributed by atoms with Crippen molar-refractivity contribution < 1.29 is 27.1 Å². The van der Waals surface area contributed by atoms with Crippen molar-refractivity contribution in [2.45, 2.75) is 74.8 Å². The van der Waals surface area contributed by atoms with Gasteiger partial charge >= 0.3 is 6.09 Å². The molecule has 3 aliphatic rings. The van der Waals surface area contributed by atoms with Crippen molar-refractivity contribution in [2.24, 2.45) is 5.92 Å². The molecule has 2 saturated carbocycles. The third-order valence-corrected chi connectivity index (χ3v) is 8.94. The van der Waals surface area contributed by atoms with Gasteiger partial charge in [0.25, 0.3) is 0 Å². The normalized spacial score (nSPS) is 35.0. The van der Waals surface area contributed by atoms with E-state index in [-0.39, 0.29) is 24.2 Å². The summed E-state index contributed by atoms with van der Waals surface area (Å²) in [5, 5.41) is -0.666. The van der Waals surface area contributed by atoms with Crippen molar-refractivity contribution in [3.05, 3.63) is 23.5 Å². The molecule has 0 N–H and O–H groups in total. The summed E-state index contributed by atoms with van der Waals surface area (Å²) in [5.74, 6) is 0.699. The van der Waals surface area contributed by atoms with Gasteiger partial charge in [0.1, 0.15) is 5.82 Å². The average Bonchev–Trinajstić information content (AvgIpc) is 3.35. The van der Waals surface area contributed by atoms with Crippen LogP contribution in [-0.4, -0.2) is 72.8 Å². The third kappa shape index (κ3) is 4.04. The van der Waals surface area contributed by atoms with E-state index < -0.39 is 33.0 Å². The highest BCUT2D eigenvalue weighted by molar-refractivity contribution is 7.91. The number of methoxy groups -OCH3 is 1. The summed E-state index contributed by atoms with van der Waals surface area (Å²) in [6.07, 6.45) is 5.71. The van der Waals surface area contributed by atoms with Crippen molar-refractivity contribution in [3.63, 3.8) is 0 Å². The highest BCUT2D eigenvalue weighted by atomic mass is 32.2. The molecule has 2 heterocycles.